The standard InChI is InChI=1S/C17H23N3O2S3/c1-11(2)10-23-16-19-20-17(25-16)24-12(3)15(21)18-9-13-5-7-14(22-4)8-6-13/h5-8,11-12H,9-10H2,1-4H3,(H,18,21)/t12-/m0/s1. The Bertz CT molecular complexity index is 674. The highest BCUT2D eigenvalue weighted by molar-refractivity contribution is 8.03. The summed E-state index contributed by atoms with van der Waals surface area (Å²) in [5.74, 6) is 2.44. The summed E-state index contributed by atoms with van der Waals surface area (Å²) in [6, 6.07) is 7.66. The van der Waals surface area contributed by atoms with Gasteiger partial charge in [-0.15, -0.1) is 10.2 Å². The van der Waals surface area contributed by atoms with Gasteiger partial charge in [-0.3, -0.25) is 4.79 Å². The third-order valence-corrected chi connectivity index (χ3v) is 6.87. The molecule has 25 heavy (non-hydrogen) atoms. The van der Waals surface area contributed by atoms with Crippen LogP contribution in [0.15, 0.2) is 32.9 Å². The van der Waals surface area contributed by atoms with Crippen LogP contribution in [0, 0.1) is 5.92 Å². The third-order valence-electron chi connectivity index (χ3n) is 3.20. The Morgan fingerprint density at radius 1 is 1.20 bits per heavy atom. The number of thioether (sulfide) groups is 2. The summed E-state index contributed by atoms with van der Waals surface area (Å²) in [5, 5.41) is 11.1. The predicted octanol–water partition coefficient (Wildman–Crippen LogP) is 4.09. The normalized spacial score (nSPS) is 12.2. The van der Waals surface area contributed by atoms with E-state index in [1.165, 1.54) is 11.8 Å². The minimum atomic E-state index is -0.214. The lowest BCUT2D eigenvalue weighted by Crippen LogP contribution is -2.30. The molecule has 1 N–H and O–H groups in total. The van der Waals surface area contributed by atoms with Gasteiger partial charge in [-0.05, 0) is 30.5 Å². The first-order valence-corrected chi connectivity index (χ1v) is 10.7. The molecule has 0 bridgehead atoms. The Morgan fingerprint density at radius 2 is 1.88 bits per heavy atom. The van der Waals surface area contributed by atoms with Crippen LogP contribution in [0.2, 0.25) is 0 Å². The largest absolute Gasteiger partial charge is 0.497 e. The van der Waals surface area contributed by atoms with Crippen LogP contribution in [0.1, 0.15) is 26.3 Å². The molecule has 1 atom stereocenters. The fourth-order valence-corrected chi connectivity index (χ4v) is 4.99. The lowest BCUT2D eigenvalue weighted by molar-refractivity contribution is -0.120. The number of rotatable bonds is 9. The van der Waals surface area contributed by atoms with E-state index < -0.39 is 0 Å². The van der Waals surface area contributed by atoms with E-state index in [2.05, 4.69) is 29.4 Å². The number of methoxy groups -OCH3 is 1. The predicted molar refractivity (Wildman–Crippen MR) is 106 cm³/mol. The van der Waals surface area contributed by atoms with Gasteiger partial charge in [0.2, 0.25) is 5.91 Å². The van der Waals surface area contributed by atoms with E-state index in [0.717, 1.165) is 25.7 Å². The van der Waals surface area contributed by atoms with Crippen LogP contribution in [-0.4, -0.2) is 34.2 Å². The first kappa shape index (κ1) is 20.1. The van der Waals surface area contributed by atoms with Crippen LogP contribution in [0.5, 0.6) is 5.75 Å². The molecule has 136 valence electrons. The van der Waals surface area contributed by atoms with E-state index >= 15 is 0 Å². The lowest BCUT2D eigenvalue weighted by atomic mass is 10.2. The molecule has 0 unspecified atom stereocenters. The summed E-state index contributed by atoms with van der Waals surface area (Å²) in [7, 11) is 1.63. The van der Waals surface area contributed by atoms with E-state index in [0.29, 0.717) is 12.5 Å². The van der Waals surface area contributed by atoms with E-state index in [4.69, 9.17) is 4.74 Å². The molecular formula is C17H23N3O2S3. The van der Waals surface area contributed by atoms with E-state index in [-0.39, 0.29) is 11.2 Å². The van der Waals surface area contributed by atoms with Crippen LogP contribution in [0.4, 0.5) is 0 Å². The second kappa shape index (κ2) is 10.0. The van der Waals surface area contributed by atoms with E-state index in [1.807, 2.05) is 31.2 Å². The second-order valence-electron chi connectivity index (χ2n) is 5.86. The molecule has 5 nitrogen and oxygen atoms in total. The van der Waals surface area contributed by atoms with Crippen LogP contribution < -0.4 is 10.1 Å². The zero-order valence-corrected chi connectivity index (χ0v) is 17.3. The number of ether oxygens (including phenoxy) is 1. The highest BCUT2D eigenvalue weighted by atomic mass is 32.2. The number of nitrogens with one attached hydrogen (secondary N) is 1. The monoisotopic (exact) mass is 397 g/mol. The Morgan fingerprint density at radius 3 is 2.52 bits per heavy atom. The Kier molecular flexibility index (Phi) is 8.05. The smallest absolute Gasteiger partial charge is 0.233 e. The molecule has 1 amide bonds. The fraction of sp³-hybridized carbons (Fsp3) is 0.471. The molecule has 1 aromatic heterocycles. The lowest BCUT2D eigenvalue weighted by Gasteiger charge is -2.10. The van der Waals surface area contributed by atoms with Crippen LogP contribution in [0.25, 0.3) is 0 Å². The maximum atomic E-state index is 12.3. The SMILES string of the molecule is COc1ccc(CNC(=O)[C@H](C)Sc2nnc(SCC(C)C)s2)cc1. The minimum Gasteiger partial charge on any atom is -0.497 e. The van der Waals surface area contributed by atoms with Crippen molar-refractivity contribution in [2.45, 2.75) is 41.2 Å². The highest BCUT2D eigenvalue weighted by Gasteiger charge is 2.17. The number of amides is 1. The summed E-state index contributed by atoms with van der Waals surface area (Å²) < 4.78 is 6.92. The topological polar surface area (TPSA) is 64.1 Å². The number of nitrogens with zero attached hydrogens (tertiary/aromatic N) is 2. The van der Waals surface area contributed by atoms with Gasteiger partial charge in [-0.25, -0.2) is 0 Å². The summed E-state index contributed by atoms with van der Waals surface area (Å²) in [4.78, 5) is 12.3. The zero-order chi connectivity index (χ0) is 18.2. The molecule has 0 fully saturated rings. The number of carbonyl (C=O) groups is 1. The van der Waals surface area contributed by atoms with Crippen molar-refractivity contribution in [3.63, 3.8) is 0 Å². The molecular weight excluding hydrogens is 374 g/mol. The fourth-order valence-electron chi connectivity index (χ4n) is 1.82. The molecule has 0 spiro atoms. The molecule has 1 aromatic carbocycles. The van der Waals surface area contributed by atoms with Crippen molar-refractivity contribution in [1.29, 1.82) is 0 Å². The van der Waals surface area contributed by atoms with Crippen molar-refractivity contribution in [3.05, 3.63) is 29.8 Å². The van der Waals surface area contributed by atoms with Crippen LogP contribution in [0.3, 0.4) is 0 Å². The van der Waals surface area contributed by atoms with E-state index in [1.54, 1.807) is 30.2 Å². The maximum absolute atomic E-state index is 12.3. The van der Waals surface area contributed by atoms with Crippen molar-refractivity contribution < 1.29 is 9.53 Å². The first-order valence-electron chi connectivity index (χ1n) is 8.01. The van der Waals surface area contributed by atoms with Gasteiger partial charge in [-0.1, -0.05) is 60.8 Å². The molecule has 0 radical (unpaired) electrons. The van der Waals surface area contributed by atoms with Crippen molar-refractivity contribution in [1.82, 2.24) is 15.5 Å². The summed E-state index contributed by atoms with van der Waals surface area (Å²) in [5.41, 5.74) is 1.04. The maximum Gasteiger partial charge on any atom is 0.233 e. The highest BCUT2D eigenvalue weighted by Crippen LogP contribution is 2.31. The van der Waals surface area contributed by atoms with Gasteiger partial charge in [0.25, 0.3) is 0 Å². The summed E-state index contributed by atoms with van der Waals surface area (Å²) >= 11 is 4.71. The minimum absolute atomic E-state index is 0.00704. The van der Waals surface area contributed by atoms with Gasteiger partial charge in [0, 0.05) is 12.3 Å². The molecule has 0 saturated heterocycles. The molecule has 2 aromatic rings. The number of hydrogen-bond acceptors (Lipinski definition) is 7. The number of aromatic nitrogens is 2. The molecule has 0 saturated carbocycles. The number of benzene rings is 1. The second-order valence-corrected chi connectivity index (χ2v) is 9.70. The van der Waals surface area contributed by atoms with Crippen LogP contribution in [-0.2, 0) is 11.3 Å². The van der Waals surface area contributed by atoms with Gasteiger partial charge in [-0.2, -0.15) is 0 Å². The van der Waals surface area contributed by atoms with Gasteiger partial charge >= 0.3 is 0 Å². The molecule has 2 rings (SSSR count). The zero-order valence-electron chi connectivity index (χ0n) is 14.8. The summed E-state index contributed by atoms with van der Waals surface area (Å²) in [6.45, 7) is 6.74. The number of carbonyl (C=O) groups excluding carboxylic acids is 1. The van der Waals surface area contributed by atoms with Crippen molar-refractivity contribution in [2.24, 2.45) is 5.92 Å². The van der Waals surface area contributed by atoms with Gasteiger partial charge < -0.3 is 10.1 Å². The molecule has 0 aliphatic heterocycles. The molecule has 1 heterocycles. The quantitative estimate of drug-likeness (QED) is 0.643. The Balaban J connectivity index is 1.79. The van der Waals surface area contributed by atoms with Crippen LogP contribution >= 0.6 is 34.9 Å². The van der Waals surface area contributed by atoms with Gasteiger partial charge in [0.15, 0.2) is 8.68 Å². The Labute approximate surface area is 161 Å². The number of hydrogen-bond donors (Lipinski definition) is 1. The van der Waals surface area contributed by atoms with Gasteiger partial charge in [0.1, 0.15) is 5.75 Å². The van der Waals surface area contributed by atoms with Crippen molar-refractivity contribution in [3.8, 4) is 5.75 Å². The Hall–Kier alpha value is -1.25. The molecule has 0 aliphatic rings. The first-order chi connectivity index (χ1) is 12.0. The van der Waals surface area contributed by atoms with Gasteiger partial charge in [0.05, 0.1) is 12.4 Å². The molecule has 8 heteroatoms. The van der Waals surface area contributed by atoms with Crippen molar-refractivity contribution >= 4 is 40.8 Å². The average molecular weight is 398 g/mol. The van der Waals surface area contributed by atoms with Crippen molar-refractivity contribution in [2.75, 3.05) is 12.9 Å². The van der Waals surface area contributed by atoms with E-state index in [9.17, 15) is 4.79 Å². The third kappa shape index (κ3) is 6.87. The average Bonchev–Trinajstić information content (AvgIpc) is 3.05. The molecule has 0 aliphatic carbocycles. The summed E-state index contributed by atoms with van der Waals surface area (Å²) in [6.07, 6.45) is 0.